The van der Waals surface area contributed by atoms with Crippen LogP contribution in [-0.4, -0.2) is 13.7 Å². The summed E-state index contributed by atoms with van der Waals surface area (Å²) in [6.07, 6.45) is 1.06. The molecule has 0 amide bonds. The molecule has 0 aromatic heterocycles. The Hall–Kier alpha value is -1.49. The molecule has 2 aromatic carbocycles. The first-order valence-corrected chi connectivity index (χ1v) is 7.96. The minimum atomic E-state index is -0.361. The third-order valence-electron chi connectivity index (χ3n) is 3.41. The van der Waals surface area contributed by atoms with Gasteiger partial charge >= 0.3 is 0 Å². The zero-order chi connectivity index (χ0) is 16.7. The molecule has 0 fully saturated rings. The molecule has 0 heterocycles. The van der Waals surface area contributed by atoms with E-state index in [0.717, 1.165) is 24.1 Å². The molecular weight excluding hydrogens is 352 g/mol. The maximum Gasteiger partial charge on any atom is 0.166 e. The van der Waals surface area contributed by atoms with Crippen molar-refractivity contribution < 1.29 is 13.9 Å². The van der Waals surface area contributed by atoms with E-state index in [4.69, 9.17) is 21.1 Å². The largest absolute Gasteiger partial charge is 0.493 e. The molecule has 0 radical (unpaired) electrons. The normalized spacial score (nSPS) is 10.2. The molecule has 0 aliphatic rings. The first-order chi connectivity index (χ1) is 11.2. The number of ether oxygens (including phenoxy) is 2. The van der Waals surface area contributed by atoms with E-state index in [9.17, 15) is 4.39 Å². The van der Waals surface area contributed by atoms with Gasteiger partial charge in [0.1, 0.15) is 12.4 Å². The fraction of sp³-hybridized carbons (Fsp3) is 0.333. The van der Waals surface area contributed by atoms with Crippen LogP contribution in [0, 0.1) is 5.82 Å². The van der Waals surface area contributed by atoms with Crippen LogP contribution in [-0.2, 0) is 13.2 Å². The predicted octanol–water partition coefficient (Wildman–Crippen LogP) is 4.99. The van der Waals surface area contributed by atoms with Crippen LogP contribution in [0.15, 0.2) is 36.4 Å². The van der Waals surface area contributed by atoms with Crippen LogP contribution in [0.1, 0.15) is 24.5 Å². The van der Waals surface area contributed by atoms with Crippen LogP contribution in [0.5, 0.6) is 11.5 Å². The van der Waals surface area contributed by atoms with Crippen LogP contribution >= 0.6 is 24.0 Å². The van der Waals surface area contributed by atoms with E-state index in [1.165, 1.54) is 12.1 Å². The second kappa shape index (κ2) is 10.4. The summed E-state index contributed by atoms with van der Waals surface area (Å²) in [6.45, 7) is 3.99. The van der Waals surface area contributed by atoms with Crippen LogP contribution < -0.4 is 14.8 Å². The van der Waals surface area contributed by atoms with Crippen LogP contribution in [0.4, 0.5) is 4.39 Å². The molecule has 2 aromatic rings. The molecule has 1 N–H and O–H groups in total. The molecule has 6 heteroatoms. The summed E-state index contributed by atoms with van der Waals surface area (Å²) in [5.74, 6) is 0.985. The van der Waals surface area contributed by atoms with Crippen LogP contribution in [0.2, 0.25) is 5.02 Å². The lowest BCUT2D eigenvalue weighted by Gasteiger charge is -2.16. The van der Waals surface area contributed by atoms with E-state index in [-0.39, 0.29) is 24.8 Å². The number of para-hydroxylation sites is 1. The molecule has 24 heavy (non-hydrogen) atoms. The highest BCUT2D eigenvalue weighted by Gasteiger charge is 2.12. The average Bonchev–Trinajstić information content (AvgIpc) is 2.55. The highest BCUT2D eigenvalue weighted by molar-refractivity contribution is 6.31. The second-order valence-corrected chi connectivity index (χ2v) is 5.56. The number of nitrogens with one attached hydrogen (secondary N) is 1. The van der Waals surface area contributed by atoms with E-state index < -0.39 is 0 Å². The predicted molar refractivity (Wildman–Crippen MR) is 98.0 cm³/mol. The number of rotatable bonds is 8. The molecule has 0 atom stereocenters. The van der Waals surface area contributed by atoms with Crippen molar-refractivity contribution in [3.05, 3.63) is 58.4 Å². The Balaban J connectivity index is 0.00000288. The molecule has 0 aliphatic heterocycles. The molecule has 132 valence electrons. The molecule has 3 nitrogen and oxygen atoms in total. The van der Waals surface area contributed by atoms with Crippen molar-refractivity contribution in [3.8, 4) is 11.5 Å². The van der Waals surface area contributed by atoms with Gasteiger partial charge in [0.15, 0.2) is 11.5 Å². The molecule has 0 unspecified atom stereocenters. The lowest BCUT2D eigenvalue weighted by molar-refractivity contribution is 0.280. The lowest BCUT2D eigenvalue weighted by Crippen LogP contribution is -2.15. The van der Waals surface area contributed by atoms with E-state index in [1.807, 2.05) is 18.2 Å². The van der Waals surface area contributed by atoms with Gasteiger partial charge in [0.05, 0.1) is 12.1 Å². The van der Waals surface area contributed by atoms with E-state index in [0.29, 0.717) is 23.1 Å². The average molecular weight is 374 g/mol. The Morgan fingerprint density at radius 2 is 1.96 bits per heavy atom. The molecule has 2 rings (SSSR count). The molecule has 0 aliphatic carbocycles. The lowest BCUT2D eigenvalue weighted by atomic mass is 10.1. The maximum atomic E-state index is 13.1. The first kappa shape index (κ1) is 20.6. The van der Waals surface area contributed by atoms with Crippen molar-refractivity contribution in [3.63, 3.8) is 0 Å². The summed E-state index contributed by atoms with van der Waals surface area (Å²) in [4.78, 5) is 0. The van der Waals surface area contributed by atoms with Crippen LogP contribution in [0.25, 0.3) is 0 Å². The van der Waals surface area contributed by atoms with Gasteiger partial charge in [-0.1, -0.05) is 36.7 Å². The smallest absolute Gasteiger partial charge is 0.166 e. The number of methoxy groups -OCH3 is 1. The standard InChI is InChI=1S/C18H21ClFNO2.ClH/c1-3-9-21-11-13-5-4-6-17(22-2)18(13)23-12-14-7-8-15(20)10-16(14)19;/h4-8,10,21H,3,9,11-12H2,1-2H3;1H. The number of hydrogen-bond acceptors (Lipinski definition) is 3. The molecule has 0 spiro atoms. The van der Waals surface area contributed by atoms with Gasteiger partial charge in [-0.2, -0.15) is 0 Å². The summed E-state index contributed by atoms with van der Waals surface area (Å²) >= 11 is 6.05. The highest BCUT2D eigenvalue weighted by atomic mass is 35.5. The van der Waals surface area contributed by atoms with E-state index in [1.54, 1.807) is 13.2 Å². The van der Waals surface area contributed by atoms with Gasteiger partial charge < -0.3 is 14.8 Å². The van der Waals surface area contributed by atoms with Gasteiger partial charge in [0, 0.05) is 17.7 Å². The van der Waals surface area contributed by atoms with Crippen molar-refractivity contribution >= 4 is 24.0 Å². The summed E-state index contributed by atoms with van der Waals surface area (Å²) in [6, 6.07) is 10.1. The zero-order valence-corrected chi connectivity index (χ0v) is 15.3. The fourth-order valence-electron chi connectivity index (χ4n) is 2.21. The highest BCUT2D eigenvalue weighted by Crippen LogP contribution is 2.32. The number of benzene rings is 2. The van der Waals surface area contributed by atoms with E-state index in [2.05, 4.69) is 12.2 Å². The summed E-state index contributed by atoms with van der Waals surface area (Å²) in [5.41, 5.74) is 1.74. The van der Waals surface area contributed by atoms with Gasteiger partial charge in [-0.05, 0) is 31.2 Å². The van der Waals surface area contributed by atoms with Gasteiger partial charge in [-0.15, -0.1) is 12.4 Å². The zero-order valence-electron chi connectivity index (χ0n) is 13.8. The van der Waals surface area contributed by atoms with Gasteiger partial charge in [0.25, 0.3) is 0 Å². The van der Waals surface area contributed by atoms with Crippen molar-refractivity contribution in [2.75, 3.05) is 13.7 Å². The Labute approximate surface area is 153 Å². The molecular formula is C18H22Cl2FNO2. The Kier molecular flexibility index (Phi) is 8.90. The van der Waals surface area contributed by atoms with Gasteiger partial charge in [-0.3, -0.25) is 0 Å². The first-order valence-electron chi connectivity index (χ1n) is 7.59. The van der Waals surface area contributed by atoms with Gasteiger partial charge in [-0.25, -0.2) is 4.39 Å². The topological polar surface area (TPSA) is 30.5 Å². The second-order valence-electron chi connectivity index (χ2n) is 5.15. The van der Waals surface area contributed by atoms with E-state index >= 15 is 0 Å². The quantitative estimate of drug-likeness (QED) is 0.661. The molecule has 0 bridgehead atoms. The third kappa shape index (κ3) is 5.55. The SMILES string of the molecule is CCCNCc1cccc(OC)c1OCc1ccc(F)cc1Cl.Cl. The maximum absolute atomic E-state index is 13.1. The molecule has 0 saturated heterocycles. The van der Waals surface area contributed by atoms with Gasteiger partial charge in [0.2, 0.25) is 0 Å². The van der Waals surface area contributed by atoms with Crippen molar-refractivity contribution in [1.29, 1.82) is 0 Å². The minimum absolute atomic E-state index is 0. The van der Waals surface area contributed by atoms with Crippen molar-refractivity contribution in [1.82, 2.24) is 5.32 Å². The summed E-state index contributed by atoms with van der Waals surface area (Å²) in [5, 5.41) is 3.70. The Morgan fingerprint density at radius 3 is 2.62 bits per heavy atom. The number of hydrogen-bond donors (Lipinski definition) is 1. The minimum Gasteiger partial charge on any atom is -0.493 e. The Morgan fingerprint density at radius 1 is 1.17 bits per heavy atom. The molecule has 0 saturated carbocycles. The summed E-state index contributed by atoms with van der Waals surface area (Å²) in [7, 11) is 1.61. The summed E-state index contributed by atoms with van der Waals surface area (Å²) < 4.78 is 24.4. The van der Waals surface area contributed by atoms with Crippen molar-refractivity contribution in [2.24, 2.45) is 0 Å². The van der Waals surface area contributed by atoms with Crippen LogP contribution in [0.3, 0.4) is 0 Å². The Bertz CT molecular complexity index is 653. The van der Waals surface area contributed by atoms with Crippen molar-refractivity contribution in [2.45, 2.75) is 26.5 Å². The monoisotopic (exact) mass is 373 g/mol. The third-order valence-corrected chi connectivity index (χ3v) is 3.76. The number of halogens is 3. The fourth-order valence-corrected chi connectivity index (χ4v) is 2.44.